The number of carbonyl (C=O) groups is 1. The van der Waals surface area contributed by atoms with E-state index in [4.69, 9.17) is 18.6 Å². The second kappa shape index (κ2) is 8.51. The normalized spacial score (nSPS) is 15.9. The van der Waals surface area contributed by atoms with Crippen molar-refractivity contribution in [3.63, 3.8) is 0 Å². The molecule has 166 valence electrons. The molecule has 8 nitrogen and oxygen atoms in total. The Morgan fingerprint density at radius 2 is 1.88 bits per heavy atom. The molecule has 9 heteroatoms. The fraction of sp³-hybridized carbons (Fsp3) is 0.261. The first-order valence-corrected chi connectivity index (χ1v) is 10.6. The number of hydrogen-bond acceptors (Lipinski definition) is 8. The molecule has 3 heterocycles. The van der Waals surface area contributed by atoms with Crippen LogP contribution in [0.15, 0.2) is 55.8 Å². The minimum atomic E-state index is -0.737. The van der Waals surface area contributed by atoms with Crippen LogP contribution < -0.4 is 24.4 Å². The first kappa shape index (κ1) is 21.6. The first-order valence-electron chi connectivity index (χ1n) is 9.77. The number of allylic oxidation sites excluding steroid dienone is 1. The van der Waals surface area contributed by atoms with E-state index in [2.05, 4.69) is 4.99 Å². The molecular formula is C23H22N2O6S. The first-order chi connectivity index (χ1) is 15.4. The smallest absolute Gasteiger partial charge is 0.338 e. The number of methoxy groups -OCH3 is 3. The predicted octanol–water partition coefficient (Wildman–Crippen LogP) is 2.33. The van der Waals surface area contributed by atoms with Crippen LogP contribution in [0.25, 0.3) is 6.08 Å². The molecule has 1 aliphatic rings. The Morgan fingerprint density at radius 1 is 1.12 bits per heavy atom. The van der Waals surface area contributed by atoms with Crippen molar-refractivity contribution in [1.29, 1.82) is 0 Å². The Morgan fingerprint density at radius 3 is 2.50 bits per heavy atom. The van der Waals surface area contributed by atoms with Crippen LogP contribution in [0.3, 0.4) is 0 Å². The van der Waals surface area contributed by atoms with Gasteiger partial charge < -0.3 is 18.6 Å². The van der Waals surface area contributed by atoms with E-state index in [0.717, 1.165) is 5.76 Å². The van der Waals surface area contributed by atoms with E-state index in [9.17, 15) is 9.59 Å². The van der Waals surface area contributed by atoms with E-state index in [0.29, 0.717) is 37.9 Å². The Balaban J connectivity index is 1.98. The van der Waals surface area contributed by atoms with Gasteiger partial charge in [0.05, 0.1) is 43.2 Å². The average molecular weight is 455 g/mol. The molecule has 1 atom stereocenters. The molecule has 0 unspecified atom stereocenters. The molecule has 32 heavy (non-hydrogen) atoms. The van der Waals surface area contributed by atoms with Crippen molar-refractivity contribution < 1.29 is 23.4 Å². The van der Waals surface area contributed by atoms with Crippen molar-refractivity contribution in [3.05, 3.63) is 78.4 Å². The largest absolute Gasteiger partial charge is 0.493 e. The third-order valence-electron chi connectivity index (χ3n) is 5.18. The summed E-state index contributed by atoms with van der Waals surface area (Å²) in [5, 5.41) is 0. The standard InChI is InChI=1S/C23H22N2O6S/c1-12-6-8-15(31-12)11-18-21(26)25-20(14-7-9-16(28-3)17(10-14)29-4)19(22(27)30-5)13(2)24-23(25)32-18/h6-11,20H,1-5H3/b18-11+/t20-/m0/s1. The summed E-state index contributed by atoms with van der Waals surface area (Å²) in [5.41, 5.74) is 1.15. The molecule has 0 fully saturated rings. The van der Waals surface area contributed by atoms with Crippen LogP contribution in [0, 0.1) is 6.92 Å². The highest BCUT2D eigenvalue weighted by Gasteiger charge is 2.33. The number of furan rings is 1. The Bertz CT molecular complexity index is 1410. The molecule has 4 rings (SSSR count). The highest BCUT2D eigenvalue weighted by Crippen LogP contribution is 2.35. The lowest BCUT2D eigenvalue weighted by Gasteiger charge is -2.25. The highest BCUT2D eigenvalue weighted by atomic mass is 32.1. The van der Waals surface area contributed by atoms with Crippen LogP contribution in [0.2, 0.25) is 0 Å². The minimum absolute atomic E-state index is 0.281. The van der Waals surface area contributed by atoms with Gasteiger partial charge in [-0.25, -0.2) is 9.79 Å². The SMILES string of the molecule is COC(=O)C1=C(C)N=c2s/c(=C/c3ccc(C)o3)c(=O)n2[C@H]1c1ccc(OC)c(OC)c1. The van der Waals surface area contributed by atoms with Gasteiger partial charge in [-0.15, -0.1) is 0 Å². The number of thiazole rings is 1. The van der Waals surface area contributed by atoms with Crippen molar-refractivity contribution in [3.8, 4) is 11.5 Å². The summed E-state index contributed by atoms with van der Waals surface area (Å²) in [4.78, 5) is 31.2. The summed E-state index contributed by atoms with van der Waals surface area (Å²) in [6.07, 6.45) is 1.68. The second-order valence-corrected chi connectivity index (χ2v) is 8.15. The van der Waals surface area contributed by atoms with Gasteiger partial charge >= 0.3 is 5.97 Å². The third-order valence-corrected chi connectivity index (χ3v) is 6.17. The van der Waals surface area contributed by atoms with Gasteiger partial charge in [0.1, 0.15) is 11.5 Å². The summed E-state index contributed by atoms with van der Waals surface area (Å²) in [6, 6.07) is 8.16. The highest BCUT2D eigenvalue weighted by molar-refractivity contribution is 7.07. The molecule has 1 aliphatic heterocycles. The quantitative estimate of drug-likeness (QED) is 0.550. The monoisotopic (exact) mass is 454 g/mol. The maximum Gasteiger partial charge on any atom is 0.338 e. The van der Waals surface area contributed by atoms with E-state index in [1.165, 1.54) is 30.1 Å². The number of carbonyl (C=O) groups excluding carboxylic acids is 1. The van der Waals surface area contributed by atoms with Gasteiger partial charge in [0.15, 0.2) is 16.3 Å². The lowest BCUT2D eigenvalue weighted by atomic mass is 9.95. The van der Waals surface area contributed by atoms with Gasteiger partial charge in [-0.2, -0.15) is 0 Å². The van der Waals surface area contributed by atoms with Gasteiger partial charge in [-0.3, -0.25) is 9.36 Å². The zero-order chi connectivity index (χ0) is 23.0. The van der Waals surface area contributed by atoms with Crippen LogP contribution in [0.1, 0.15) is 30.0 Å². The fourth-order valence-corrected chi connectivity index (χ4v) is 4.72. The summed E-state index contributed by atoms with van der Waals surface area (Å²) in [5.74, 6) is 1.78. The number of aromatic nitrogens is 1. The lowest BCUT2D eigenvalue weighted by molar-refractivity contribution is -0.136. The van der Waals surface area contributed by atoms with E-state index in [1.54, 1.807) is 44.4 Å². The van der Waals surface area contributed by atoms with Gasteiger partial charge in [-0.1, -0.05) is 17.4 Å². The summed E-state index contributed by atoms with van der Waals surface area (Å²) >= 11 is 1.23. The van der Waals surface area contributed by atoms with E-state index < -0.39 is 12.0 Å². The Hall–Kier alpha value is -3.59. The van der Waals surface area contributed by atoms with E-state index >= 15 is 0 Å². The zero-order valence-corrected chi connectivity index (χ0v) is 19.1. The average Bonchev–Trinajstić information content (AvgIpc) is 3.34. The number of aryl methyl sites for hydroxylation is 1. The van der Waals surface area contributed by atoms with Gasteiger partial charge in [-0.05, 0) is 43.7 Å². The van der Waals surface area contributed by atoms with Crippen LogP contribution in [-0.4, -0.2) is 31.9 Å². The molecule has 2 aromatic heterocycles. The van der Waals surface area contributed by atoms with E-state index in [-0.39, 0.29) is 11.1 Å². The van der Waals surface area contributed by atoms with Crippen LogP contribution in [-0.2, 0) is 9.53 Å². The van der Waals surface area contributed by atoms with Gasteiger partial charge in [0.25, 0.3) is 5.56 Å². The van der Waals surface area contributed by atoms with Crippen LogP contribution in [0.5, 0.6) is 11.5 Å². The molecule has 1 aromatic carbocycles. The van der Waals surface area contributed by atoms with Crippen molar-refractivity contribution >= 4 is 23.4 Å². The molecule has 0 saturated heterocycles. The van der Waals surface area contributed by atoms with Crippen molar-refractivity contribution in [2.45, 2.75) is 19.9 Å². The topological polar surface area (TPSA) is 92.3 Å². The number of rotatable bonds is 5. The summed E-state index contributed by atoms with van der Waals surface area (Å²) < 4.78 is 23.3. The maximum absolute atomic E-state index is 13.5. The Labute approximate surface area is 187 Å². The van der Waals surface area contributed by atoms with Crippen LogP contribution >= 0.6 is 11.3 Å². The van der Waals surface area contributed by atoms with Crippen molar-refractivity contribution in [2.75, 3.05) is 21.3 Å². The molecule has 0 N–H and O–H groups in total. The molecule has 0 spiro atoms. The molecule has 0 aliphatic carbocycles. The van der Waals surface area contributed by atoms with Crippen molar-refractivity contribution in [1.82, 2.24) is 4.57 Å². The van der Waals surface area contributed by atoms with Gasteiger partial charge in [0.2, 0.25) is 0 Å². The fourth-order valence-electron chi connectivity index (χ4n) is 3.69. The minimum Gasteiger partial charge on any atom is -0.493 e. The maximum atomic E-state index is 13.5. The van der Waals surface area contributed by atoms with Gasteiger partial charge in [0, 0.05) is 6.08 Å². The van der Waals surface area contributed by atoms with Crippen molar-refractivity contribution in [2.24, 2.45) is 4.99 Å². The zero-order valence-electron chi connectivity index (χ0n) is 18.3. The predicted molar refractivity (Wildman–Crippen MR) is 119 cm³/mol. The molecular weight excluding hydrogens is 432 g/mol. The number of fused-ring (bicyclic) bond motifs is 1. The van der Waals surface area contributed by atoms with E-state index in [1.807, 2.05) is 13.0 Å². The third kappa shape index (κ3) is 3.64. The van der Waals surface area contributed by atoms with Crippen LogP contribution in [0.4, 0.5) is 0 Å². The molecule has 0 saturated carbocycles. The summed E-state index contributed by atoms with van der Waals surface area (Å²) in [6.45, 7) is 3.56. The number of benzene rings is 1. The number of hydrogen-bond donors (Lipinski definition) is 0. The summed E-state index contributed by atoms with van der Waals surface area (Å²) in [7, 11) is 4.38. The number of ether oxygens (including phenoxy) is 3. The number of nitrogens with zero attached hydrogens (tertiary/aromatic N) is 2. The molecule has 0 radical (unpaired) electrons. The molecule has 0 bridgehead atoms. The molecule has 0 amide bonds. The lowest BCUT2D eigenvalue weighted by Crippen LogP contribution is -2.39. The number of esters is 1. The molecule has 3 aromatic rings. The Kier molecular flexibility index (Phi) is 5.75. The second-order valence-electron chi connectivity index (χ2n) is 7.14.